The molecule has 0 saturated heterocycles. The molecule has 2 aromatic rings. The van der Waals surface area contributed by atoms with Crippen molar-refractivity contribution in [3.63, 3.8) is 0 Å². The van der Waals surface area contributed by atoms with Crippen molar-refractivity contribution in [2.45, 2.75) is 85.4 Å². The van der Waals surface area contributed by atoms with Gasteiger partial charge in [-0.3, -0.25) is 0 Å². The second-order valence-electron chi connectivity index (χ2n) is 10.9. The van der Waals surface area contributed by atoms with Gasteiger partial charge >= 0.3 is 0 Å². The number of pyridine rings is 1. The highest BCUT2D eigenvalue weighted by molar-refractivity contribution is 6.89. The molecule has 0 aliphatic rings. The van der Waals surface area contributed by atoms with Crippen molar-refractivity contribution in [3.05, 3.63) is 47.2 Å². The Morgan fingerprint density at radius 3 is 2.00 bits per heavy atom. The molecule has 0 unspecified atom stereocenters. The van der Waals surface area contributed by atoms with Crippen LogP contribution in [-0.4, -0.2) is 8.07 Å². The topological polar surface area (TPSA) is 3.88 Å². The maximum absolute atomic E-state index is 2.50. The summed E-state index contributed by atoms with van der Waals surface area (Å²) < 4.78 is 2.34. The molecule has 27 heavy (non-hydrogen) atoms. The third-order valence-corrected chi connectivity index (χ3v) is 8.09. The van der Waals surface area contributed by atoms with Crippen LogP contribution < -0.4 is 9.75 Å². The second kappa shape index (κ2) is 7.20. The highest BCUT2D eigenvalue weighted by Crippen LogP contribution is 2.30. The molecule has 1 aromatic heterocycles. The third kappa shape index (κ3) is 4.54. The lowest BCUT2D eigenvalue weighted by molar-refractivity contribution is -0.660. The van der Waals surface area contributed by atoms with Crippen molar-refractivity contribution in [1.82, 2.24) is 0 Å². The average molecular weight is 383 g/mol. The molecule has 0 radical (unpaired) electrons. The van der Waals surface area contributed by atoms with E-state index in [4.69, 9.17) is 0 Å². The lowest BCUT2D eigenvalue weighted by Gasteiger charge is -2.30. The molecular weight excluding hydrogens is 342 g/mol. The molecule has 2 heteroatoms. The summed E-state index contributed by atoms with van der Waals surface area (Å²) in [4.78, 5) is 0. The van der Waals surface area contributed by atoms with Gasteiger partial charge in [-0.15, -0.1) is 0 Å². The van der Waals surface area contributed by atoms with Crippen LogP contribution in [-0.2, 0) is 17.9 Å². The third-order valence-electron chi connectivity index (χ3n) is 6.06. The number of rotatable bonds is 4. The van der Waals surface area contributed by atoms with Gasteiger partial charge in [-0.25, -0.2) is 4.57 Å². The van der Waals surface area contributed by atoms with Gasteiger partial charge in [0.05, 0.1) is 8.07 Å². The first-order valence-corrected chi connectivity index (χ1v) is 13.8. The van der Waals surface area contributed by atoms with Crippen molar-refractivity contribution in [2.75, 3.05) is 0 Å². The number of aryl methyl sites for hydroxylation is 2. The van der Waals surface area contributed by atoms with Crippen LogP contribution in [0.3, 0.4) is 0 Å². The molecule has 1 nitrogen and oxygen atoms in total. The smallest absolute Gasteiger partial charge is 0.201 e. The SMILES string of the molecule is CCC(C)(C)c1c[n+](C)c(-c2ccc(C(C)(C)C)cc2C)cc1[Si](C)(C)C. The van der Waals surface area contributed by atoms with Gasteiger partial charge in [-0.2, -0.15) is 0 Å². The fraction of sp³-hybridized carbons (Fsp3) is 0.560. The van der Waals surface area contributed by atoms with E-state index in [2.05, 4.69) is 110 Å². The predicted molar refractivity (Wildman–Crippen MR) is 123 cm³/mol. The lowest BCUT2D eigenvalue weighted by Crippen LogP contribution is -2.48. The van der Waals surface area contributed by atoms with Gasteiger partial charge in [-0.05, 0) is 46.6 Å². The quantitative estimate of drug-likeness (QED) is 0.450. The molecule has 148 valence electrons. The zero-order valence-electron chi connectivity index (χ0n) is 19.5. The number of nitrogens with zero attached hydrogens (tertiary/aromatic N) is 1. The predicted octanol–water partition coefficient (Wildman–Crippen LogP) is 6.02. The Morgan fingerprint density at radius 1 is 0.963 bits per heavy atom. The van der Waals surface area contributed by atoms with Crippen LogP contribution in [0.15, 0.2) is 30.5 Å². The molecule has 0 spiro atoms. The lowest BCUT2D eigenvalue weighted by atomic mass is 9.82. The first kappa shape index (κ1) is 21.9. The van der Waals surface area contributed by atoms with Gasteiger partial charge in [0.25, 0.3) is 0 Å². The maximum atomic E-state index is 2.50. The zero-order chi connectivity index (χ0) is 20.8. The van der Waals surface area contributed by atoms with E-state index in [9.17, 15) is 0 Å². The van der Waals surface area contributed by atoms with Crippen LogP contribution in [0.25, 0.3) is 11.3 Å². The Balaban J connectivity index is 2.73. The van der Waals surface area contributed by atoms with Crippen molar-refractivity contribution in [1.29, 1.82) is 0 Å². The van der Waals surface area contributed by atoms with E-state index in [0.29, 0.717) is 0 Å². The molecule has 0 fully saturated rings. The van der Waals surface area contributed by atoms with Gasteiger partial charge in [0.1, 0.15) is 7.05 Å². The van der Waals surface area contributed by atoms with Crippen molar-refractivity contribution < 1.29 is 4.57 Å². The van der Waals surface area contributed by atoms with E-state index in [1.165, 1.54) is 27.9 Å². The number of aromatic nitrogens is 1. The number of hydrogen-bond acceptors (Lipinski definition) is 0. The molecule has 0 saturated carbocycles. The van der Waals surface area contributed by atoms with Crippen molar-refractivity contribution >= 4 is 13.3 Å². The number of hydrogen-bond donors (Lipinski definition) is 0. The van der Waals surface area contributed by atoms with E-state index >= 15 is 0 Å². The largest absolute Gasteiger partial charge is 0.212 e. The van der Waals surface area contributed by atoms with Crippen LogP contribution in [0.4, 0.5) is 0 Å². The van der Waals surface area contributed by atoms with E-state index in [1.54, 1.807) is 5.19 Å². The van der Waals surface area contributed by atoms with Gasteiger partial charge in [-0.1, -0.05) is 73.3 Å². The Morgan fingerprint density at radius 2 is 1.56 bits per heavy atom. The Kier molecular flexibility index (Phi) is 5.84. The fourth-order valence-corrected chi connectivity index (χ4v) is 5.47. The van der Waals surface area contributed by atoms with Gasteiger partial charge in [0.15, 0.2) is 6.20 Å². The summed E-state index contributed by atoms with van der Waals surface area (Å²) in [5.74, 6) is 0. The van der Waals surface area contributed by atoms with Gasteiger partial charge in [0.2, 0.25) is 5.69 Å². The molecule has 0 bridgehead atoms. The number of benzene rings is 1. The van der Waals surface area contributed by atoms with Crippen LogP contribution in [0.2, 0.25) is 19.6 Å². The maximum Gasteiger partial charge on any atom is 0.212 e. The minimum Gasteiger partial charge on any atom is -0.201 e. The molecule has 1 aromatic carbocycles. The van der Waals surface area contributed by atoms with Gasteiger partial charge < -0.3 is 0 Å². The van der Waals surface area contributed by atoms with Crippen molar-refractivity contribution in [2.24, 2.45) is 7.05 Å². The van der Waals surface area contributed by atoms with Crippen LogP contribution >= 0.6 is 0 Å². The van der Waals surface area contributed by atoms with Crippen LogP contribution in [0.1, 0.15) is 64.7 Å². The van der Waals surface area contributed by atoms with Crippen LogP contribution in [0.5, 0.6) is 0 Å². The minimum atomic E-state index is -1.46. The summed E-state index contributed by atoms with van der Waals surface area (Å²) in [6, 6.07) is 9.50. The molecular formula is C25H40NSi+. The monoisotopic (exact) mass is 382 g/mol. The highest BCUT2D eigenvalue weighted by atomic mass is 28.3. The second-order valence-corrected chi connectivity index (χ2v) is 15.9. The zero-order valence-corrected chi connectivity index (χ0v) is 20.5. The summed E-state index contributed by atoms with van der Waals surface area (Å²) in [5, 5.41) is 1.60. The van der Waals surface area contributed by atoms with Crippen molar-refractivity contribution in [3.8, 4) is 11.3 Å². The average Bonchev–Trinajstić information content (AvgIpc) is 2.53. The summed E-state index contributed by atoms with van der Waals surface area (Å²) in [5.41, 5.74) is 7.37. The Labute approximate surface area is 168 Å². The van der Waals surface area contributed by atoms with Crippen LogP contribution in [0, 0.1) is 6.92 Å². The normalized spacial score (nSPS) is 13.1. The molecule has 0 N–H and O–H groups in total. The van der Waals surface area contributed by atoms with Gasteiger partial charge in [0, 0.05) is 17.2 Å². The summed E-state index contributed by atoms with van der Waals surface area (Å²) >= 11 is 0. The Hall–Kier alpha value is -1.41. The van der Waals surface area contributed by atoms with E-state index in [1.807, 2.05) is 0 Å². The first-order chi connectivity index (χ1) is 12.2. The molecule has 2 rings (SSSR count). The molecule has 0 atom stereocenters. The van der Waals surface area contributed by atoms with E-state index in [0.717, 1.165) is 6.42 Å². The molecule has 0 aliphatic carbocycles. The molecule has 1 heterocycles. The Bertz CT molecular complexity index is 833. The standard InChI is InChI=1S/C25H40NSi/c1-12-25(6,7)21-17-26(8)22(16-23(21)27(9,10)11)20-14-13-19(15-18(20)2)24(3,4)5/h13-17H,12H2,1-11H3/q+1. The molecule has 0 aliphatic heterocycles. The van der Waals surface area contributed by atoms with E-state index < -0.39 is 8.07 Å². The highest BCUT2D eigenvalue weighted by Gasteiger charge is 2.32. The minimum absolute atomic E-state index is 0.184. The molecule has 0 amide bonds. The van der Waals surface area contributed by atoms with E-state index in [-0.39, 0.29) is 10.8 Å². The first-order valence-electron chi connectivity index (χ1n) is 10.3. The fourth-order valence-electron chi connectivity index (χ4n) is 3.68. The summed E-state index contributed by atoms with van der Waals surface area (Å²) in [6.45, 7) is 23.6. The summed E-state index contributed by atoms with van der Waals surface area (Å²) in [6.07, 6.45) is 3.56. The summed E-state index contributed by atoms with van der Waals surface area (Å²) in [7, 11) is 0.741.